The van der Waals surface area contributed by atoms with Crippen LogP contribution in [0, 0.1) is 11.7 Å². The van der Waals surface area contributed by atoms with Gasteiger partial charge < -0.3 is 25.4 Å². The number of hydrogen-bond donors (Lipinski definition) is 2. The standard InChI is InChI=1S/C23H30FN3O3/c1-3-9-27-10-8-17(15-27)14-26-23(28)18-5-7-21(29-2)22(12-18)30-20-6-4-16(13-25)11-19(20)24/h4-7,11-12,17H,3,8-10,13-15,25H2,1-2H3,(H,26,28). The predicted molar refractivity (Wildman–Crippen MR) is 115 cm³/mol. The first kappa shape index (κ1) is 22.1. The molecule has 0 saturated carbocycles. The number of nitrogens with two attached hydrogens (primary N) is 1. The van der Waals surface area contributed by atoms with Gasteiger partial charge in [0.25, 0.3) is 5.91 Å². The lowest BCUT2D eigenvalue weighted by Gasteiger charge is -2.16. The zero-order chi connectivity index (χ0) is 21.5. The fraction of sp³-hybridized carbons (Fsp3) is 0.435. The highest BCUT2D eigenvalue weighted by atomic mass is 19.1. The van der Waals surface area contributed by atoms with Crippen molar-refractivity contribution >= 4 is 5.91 Å². The van der Waals surface area contributed by atoms with E-state index in [1.54, 1.807) is 24.3 Å². The number of amides is 1. The number of benzene rings is 2. The van der Waals surface area contributed by atoms with Crippen LogP contribution in [0.5, 0.6) is 17.2 Å². The summed E-state index contributed by atoms with van der Waals surface area (Å²) in [4.78, 5) is 15.1. The quantitative estimate of drug-likeness (QED) is 0.655. The van der Waals surface area contributed by atoms with Crippen LogP contribution in [0.4, 0.5) is 4.39 Å². The highest BCUT2D eigenvalue weighted by molar-refractivity contribution is 5.94. The van der Waals surface area contributed by atoms with Crippen LogP contribution in [0.1, 0.15) is 35.7 Å². The van der Waals surface area contributed by atoms with Crippen molar-refractivity contribution < 1.29 is 18.7 Å². The number of methoxy groups -OCH3 is 1. The summed E-state index contributed by atoms with van der Waals surface area (Å²) >= 11 is 0. The van der Waals surface area contributed by atoms with Crippen molar-refractivity contribution in [3.8, 4) is 17.2 Å². The van der Waals surface area contributed by atoms with Crippen LogP contribution in [-0.4, -0.2) is 44.1 Å². The Hall–Kier alpha value is -2.64. The number of halogens is 1. The molecule has 1 atom stereocenters. The summed E-state index contributed by atoms with van der Waals surface area (Å²) in [6, 6.07) is 9.45. The van der Waals surface area contributed by atoms with Crippen LogP contribution in [0.25, 0.3) is 0 Å². The molecule has 3 N–H and O–H groups in total. The number of carbonyl (C=O) groups is 1. The van der Waals surface area contributed by atoms with Gasteiger partial charge in [-0.25, -0.2) is 4.39 Å². The van der Waals surface area contributed by atoms with E-state index in [9.17, 15) is 9.18 Å². The third-order valence-corrected chi connectivity index (χ3v) is 5.34. The van der Waals surface area contributed by atoms with Gasteiger partial charge in [-0.15, -0.1) is 0 Å². The normalized spacial score (nSPS) is 16.5. The first-order valence-electron chi connectivity index (χ1n) is 10.4. The molecule has 1 fully saturated rings. The molecule has 0 aromatic heterocycles. The Morgan fingerprint density at radius 3 is 2.73 bits per heavy atom. The zero-order valence-corrected chi connectivity index (χ0v) is 17.6. The first-order valence-corrected chi connectivity index (χ1v) is 10.4. The maximum absolute atomic E-state index is 14.3. The molecule has 7 heteroatoms. The minimum atomic E-state index is -0.521. The van der Waals surface area contributed by atoms with E-state index in [0.717, 1.165) is 32.5 Å². The summed E-state index contributed by atoms with van der Waals surface area (Å²) in [5.41, 5.74) is 6.65. The van der Waals surface area contributed by atoms with Crippen LogP contribution in [0.2, 0.25) is 0 Å². The second-order valence-corrected chi connectivity index (χ2v) is 7.60. The van der Waals surface area contributed by atoms with Crippen molar-refractivity contribution in [2.45, 2.75) is 26.3 Å². The molecule has 0 bridgehead atoms. The van der Waals surface area contributed by atoms with Gasteiger partial charge in [0.05, 0.1) is 7.11 Å². The van der Waals surface area contributed by atoms with E-state index in [2.05, 4.69) is 17.1 Å². The van der Waals surface area contributed by atoms with Crippen LogP contribution >= 0.6 is 0 Å². The smallest absolute Gasteiger partial charge is 0.251 e. The number of carbonyl (C=O) groups excluding carboxylic acids is 1. The molecule has 0 spiro atoms. The summed E-state index contributed by atoms with van der Waals surface area (Å²) < 4.78 is 25.3. The summed E-state index contributed by atoms with van der Waals surface area (Å²) in [6.45, 7) is 6.26. The molecule has 1 heterocycles. The number of ether oxygens (including phenoxy) is 2. The van der Waals surface area contributed by atoms with Crippen molar-refractivity contribution in [1.82, 2.24) is 10.2 Å². The van der Waals surface area contributed by atoms with Crippen molar-refractivity contribution in [1.29, 1.82) is 0 Å². The zero-order valence-electron chi connectivity index (χ0n) is 17.6. The average molecular weight is 416 g/mol. The average Bonchev–Trinajstić information content (AvgIpc) is 3.21. The van der Waals surface area contributed by atoms with E-state index in [4.69, 9.17) is 15.2 Å². The number of rotatable bonds is 9. The lowest BCUT2D eigenvalue weighted by atomic mass is 10.1. The SMILES string of the molecule is CCCN1CCC(CNC(=O)c2ccc(OC)c(Oc3ccc(CN)cc3F)c2)C1. The third-order valence-electron chi connectivity index (χ3n) is 5.34. The van der Waals surface area contributed by atoms with Crippen molar-refractivity contribution in [3.05, 3.63) is 53.3 Å². The maximum atomic E-state index is 14.3. The lowest BCUT2D eigenvalue weighted by molar-refractivity contribution is 0.0947. The summed E-state index contributed by atoms with van der Waals surface area (Å²) in [5.74, 6) is 0.497. The van der Waals surface area contributed by atoms with Crippen molar-refractivity contribution in [3.63, 3.8) is 0 Å². The van der Waals surface area contributed by atoms with Crippen LogP contribution < -0.4 is 20.5 Å². The van der Waals surface area contributed by atoms with Crippen molar-refractivity contribution in [2.24, 2.45) is 11.7 Å². The minimum absolute atomic E-state index is 0.0463. The molecule has 30 heavy (non-hydrogen) atoms. The lowest BCUT2D eigenvalue weighted by Crippen LogP contribution is -2.31. The molecule has 0 radical (unpaired) electrons. The first-order chi connectivity index (χ1) is 14.5. The number of hydrogen-bond acceptors (Lipinski definition) is 5. The Labute approximate surface area is 177 Å². The second kappa shape index (κ2) is 10.4. The minimum Gasteiger partial charge on any atom is -0.493 e. The van der Waals surface area contributed by atoms with E-state index < -0.39 is 5.82 Å². The van der Waals surface area contributed by atoms with Gasteiger partial charge in [0.2, 0.25) is 0 Å². The Bertz CT molecular complexity index is 875. The van der Waals surface area contributed by atoms with E-state index in [-0.39, 0.29) is 24.0 Å². The molecule has 0 aliphatic carbocycles. The fourth-order valence-corrected chi connectivity index (χ4v) is 3.71. The molecule has 1 aliphatic rings. The van der Waals surface area contributed by atoms with Crippen LogP contribution in [-0.2, 0) is 6.54 Å². The molecule has 2 aromatic carbocycles. The maximum Gasteiger partial charge on any atom is 0.251 e. The third kappa shape index (κ3) is 5.49. The molecule has 6 nitrogen and oxygen atoms in total. The van der Waals surface area contributed by atoms with Crippen molar-refractivity contribution in [2.75, 3.05) is 33.3 Å². The molecule has 1 aliphatic heterocycles. The number of nitrogens with one attached hydrogen (secondary N) is 1. The van der Waals surface area contributed by atoms with Crippen LogP contribution in [0.3, 0.4) is 0 Å². The molecule has 2 aromatic rings. The van der Waals surface area contributed by atoms with Gasteiger partial charge in [-0.05, 0) is 67.7 Å². The number of likely N-dealkylation sites (tertiary alicyclic amines) is 1. The summed E-state index contributed by atoms with van der Waals surface area (Å²) in [7, 11) is 1.50. The van der Waals surface area contributed by atoms with Gasteiger partial charge >= 0.3 is 0 Å². The fourth-order valence-electron chi connectivity index (χ4n) is 3.71. The van der Waals surface area contributed by atoms with Gasteiger partial charge in [0.1, 0.15) is 0 Å². The van der Waals surface area contributed by atoms with E-state index in [1.165, 1.54) is 19.2 Å². The highest BCUT2D eigenvalue weighted by Crippen LogP contribution is 2.34. The van der Waals surface area contributed by atoms with Crippen LogP contribution in [0.15, 0.2) is 36.4 Å². The molecular weight excluding hydrogens is 385 g/mol. The summed E-state index contributed by atoms with van der Waals surface area (Å²) in [6.07, 6.45) is 2.23. The van der Waals surface area contributed by atoms with E-state index in [1.807, 2.05) is 0 Å². The predicted octanol–water partition coefficient (Wildman–Crippen LogP) is 3.55. The van der Waals surface area contributed by atoms with Gasteiger partial charge in [0, 0.05) is 25.2 Å². The Morgan fingerprint density at radius 1 is 1.23 bits per heavy atom. The second-order valence-electron chi connectivity index (χ2n) is 7.60. The summed E-state index contributed by atoms with van der Waals surface area (Å²) in [5, 5.41) is 3.01. The Morgan fingerprint density at radius 2 is 2.03 bits per heavy atom. The number of nitrogens with zero attached hydrogens (tertiary/aromatic N) is 1. The van der Waals surface area contributed by atoms with Gasteiger partial charge in [0.15, 0.2) is 23.1 Å². The topological polar surface area (TPSA) is 76.8 Å². The molecule has 1 saturated heterocycles. The highest BCUT2D eigenvalue weighted by Gasteiger charge is 2.22. The van der Waals surface area contributed by atoms with Gasteiger partial charge in [-0.1, -0.05) is 13.0 Å². The molecular formula is C23H30FN3O3. The van der Waals surface area contributed by atoms with E-state index in [0.29, 0.717) is 29.3 Å². The van der Waals surface area contributed by atoms with Gasteiger partial charge in [-0.3, -0.25) is 4.79 Å². The molecule has 162 valence electrons. The monoisotopic (exact) mass is 415 g/mol. The van der Waals surface area contributed by atoms with E-state index >= 15 is 0 Å². The molecule has 1 unspecified atom stereocenters. The van der Waals surface area contributed by atoms with Gasteiger partial charge in [-0.2, -0.15) is 0 Å². The molecule has 1 amide bonds. The molecule has 3 rings (SSSR count). The Balaban J connectivity index is 1.67. The Kier molecular flexibility index (Phi) is 7.65. The largest absolute Gasteiger partial charge is 0.493 e.